The Morgan fingerprint density at radius 2 is 1.83 bits per heavy atom. The van der Waals surface area contributed by atoms with Gasteiger partial charge in [0, 0.05) is 12.2 Å². The predicted octanol–water partition coefficient (Wildman–Crippen LogP) is 3.12. The summed E-state index contributed by atoms with van der Waals surface area (Å²) in [4.78, 5) is 12.3. The minimum atomic E-state index is -0.386. The Morgan fingerprint density at radius 1 is 1.13 bits per heavy atom. The van der Waals surface area contributed by atoms with Gasteiger partial charge in [-0.05, 0) is 37.0 Å². The zero-order valence-corrected chi connectivity index (χ0v) is 13.5. The molecule has 4 heteroatoms. The summed E-state index contributed by atoms with van der Waals surface area (Å²) in [6, 6.07) is 17.5. The lowest BCUT2D eigenvalue weighted by Gasteiger charge is -2.20. The molecule has 3 N–H and O–H groups in total. The molecule has 23 heavy (non-hydrogen) atoms. The van der Waals surface area contributed by atoms with Crippen molar-refractivity contribution in [2.75, 3.05) is 11.9 Å². The molecule has 0 saturated carbocycles. The van der Waals surface area contributed by atoms with E-state index in [1.807, 2.05) is 49.4 Å². The average molecular weight is 312 g/mol. The molecule has 0 aliphatic rings. The molecule has 1 unspecified atom stereocenters. The first-order valence-electron chi connectivity index (χ1n) is 7.99. The van der Waals surface area contributed by atoms with Gasteiger partial charge in [0.2, 0.25) is 0 Å². The van der Waals surface area contributed by atoms with E-state index in [2.05, 4.69) is 17.4 Å². The third-order valence-corrected chi connectivity index (χ3v) is 3.70. The predicted molar refractivity (Wildman–Crippen MR) is 93.1 cm³/mol. The summed E-state index contributed by atoms with van der Waals surface area (Å²) in [7, 11) is 0. The van der Waals surface area contributed by atoms with Crippen molar-refractivity contribution >= 4 is 11.7 Å². The van der Waals surface area contributed by atoms with E-state index >= 15 is 0 Å². The van der Waals surface area contributed by atoms with Crippen molar-refractivity contribution in [3.05, 3.63) is 65.7 Å². The van der Waals surface area contributed by atoms with Crippen LogP contribution in [0.15, 0.2) is 54.6 Å². The Kier molecular flexibility index (Phi) is 6.63. The van der Waals surface area contributed by atoms with Gasteiger partial charge in [0.15, 0.2) is 0 Å². The number of nitrogens with one attached hydrogen (secondary N) is 1. The highest BCUT2D eigenvalue weighted by molar-refractivity contribution is 5.79. The highest BCUT2D eigenvalue weighted by atomic mass is 16.5. The van der Waals surface area contributed by atoms with Gasteiger partial charge in [0.25, 0.3) is 0 Å². The SMILES string of the molecule is CCOC(=O)C(CCc1ccccc1)Nc1ccccc1CN. The van der Waals surface area contributed by atoms with Gasteiger partial charge < -0.3 is 15.8 Å². The van der Waals surface area contributed by atoms with Crippen molar-refractivity contribution in [2.45, 2.75) is 32.4 Å². The van der Waals surface area contributed by atoms with Gasteiger partial charge in [-0.15, -0.1) is 0 Å². The monoisotopic (exact) mass is 312 g/mol. The van der Waals surface area contributed by atoms with Crippen LogP contribution in [-0.2, 0) is 22.5 Å². The van der Waals surface area contributed by atoms with Crippen LogP contribution >= 0.6 is 0 Å². The number of carbonyl (C=O) groups excluding carboxylic acids is 1. The number of hydrogen-bond donors (Lipinski definition) is 2. The minimum Gasteiger partial charge on any atom is -0.464 e. The third-order valence-electron chi connectivity index (χ3n) is 3.70. The summed E-state index contributed by atoms with van der Waals surface area (Å²) >= 11 is 0. The number of anilines is 1. The maximum absolute atomic E-state index is 12.3. The number of esters is 1. The molecule has 0 spiro atoms. The number of aryl methyl sites for hydroxylation is 1. The number of nitrogens with two attached hydrogens (primary N) is 1. The zero-order valence-electron chi connectivity index (χ0n) is 13.5. The van der Waals surface area contributed by atoms with Crippen LogP contribution in [0.4, 0.5) is 5.69 Å². The molecule has 0 amide bonds. The lowest BCUT2D eigenvalue weighted by atomic mass is 10.0. The largest absolute Gasteiger partial charge is 0.464 e. The Labute approximate surface area is 137 Å². The summed E-state index contributed by atoms with van der Waals surface area (Å²) in [6.45, 7) is 2.62. The summed E-state index contributed by atoms with van der Waals surface area (Å²) < 4.78 is 5.21. The van der Waals surface area contributed by atoms with E-state index in [1.165, 1.54) is 5.56 Å². The molecule has 4 nitrogen and oxygen atoms in total. The lowest BCUT2D eigenvalue weighted by molar-refractivity contribution is -0.144. The van der Waals surface area contributed by atoms with Gasteiger partial charge in [-0.3, -0.25) is 0 Å². The summed E-state index contributed by atoms with van der Waals surface area (Å²) in [5.41, 5.74) is 8.85. The maximum atomic E-state index is 12.3. The number of rotatable bonds is 8. The average Bonchev–Trinajstić information content (AvgIpc) is 2.60. The highest BCUT2D eigenvalue weighted by Gasteiger charge is 2.20. The van der Waals surface area contributed by atoms with Crippen LogP contribution < -0.4 is 11.1 Å². The second kappa shape index (κ2) is 8.96. The Balaban J connectivity index is 2.09. The van der Waals surface area contributed by atoms with Crippen molar-refractivity contribution < 1.29 is 9.53 Å². The van der Waals surface area contributed by atoms with Gasteiger partial charge >= 0.3 is 5.97 Å². The summed E-state index contributed by atoms with van der Waals surface area (Å²) in [5.74, 6) is -0.227. The number of carbonyl (C=O) groups is 1. The lowest BCUT2D eigenvalue weighted by Crippen LogP contribution is -2.32. The quantitative estimate of drug-likeness (QED) is 0.735. The smallest absolute Gasteiger partial charge is 0.328 e. The van der Waals surface area contributed by atoms with Crippen LogP contribution in [0.3, 0.4) is 0 Å². The molecular formula is C19H24N2O2. The molecule has 0 aliphatic heterocycles. The van der Waals surface area contributed by atoms with E-state index < -0.39 is 0 Å². The standard InChI is InChI=1S/C19H24N2O2/c1-2-23-19(22)18(13-12-15-8-4-3-5-9-15)21-17-11-7-6-10-16(17)14-20/h3-11,18,21H,2,12-14,20H2,1H3. The fourth-order valence-corrected chi connectivity index (χ4v) is 2.47. The van der Waals surface area contributed by atoms with E-state index in [0.717, 1.165) is 17.7 Å². The van der Waals surface area contributed by atoms with Gasteiger partial charge in [-0.2, -0.15) is 0 Å². The van der Waals surface area contributed by atoms with Crippen molar-refractivity contribution in [1.82, 2.24) is 0 Å². The highest BCUT2D eigenvalue weighted by Crippen LogP contribution is 2.18. The van der Waals surface area contributed by atoms with E-state index in [0.29, 0.717) is 19.6 Å². The molecule has 0 aromatic heterocycles. The molecule has 2 aromatic carbocycles. The zero-order chi connectivity index (χ0) is 16.5. The number of para-hydroxylation sites is 1. The fraction of sp³-hybridized carbons (Fsp3) is 0.316. The Morgan fingerprint density at radius 3 is 2.52 bits per heavy atom. The first-order valence-corrected chi connectivity index (χ1v) is 7.99. The Bertz CT molecular complexity index is 614. The molecule has 122 valence electrons. The van der Waals surface area contributed by atoms with E-state index in [-0.39, 0.29) is 12.0 Å². The van der Waals surface area contributed by atoms with E-state index in [9.17, 15) is 4.79 Å². The number of ether oxygens (including phenoxy) is 1. The summed E-state index contributed by atoms with van der Waals surface area (Å²) in [6.07, 6.45) is 1.48. The van der Waals surface area contributed by atoms with Crippen LogP contribution in [-0.4, -0.2) is 18.6 Å². The maximum Gasteiger partial charge on any atom is 0.328 e. The molecule has 0 heterocycles. The van der Waals surface area contributed by atoms with Crippen LogP contribution in [0, 0.1) is 0 Å². The second-order valence-corrected chi connectivity index (χ2v) is 5.33. The van der Waals surface area contributed by atoms with E-state index in [1.54, 1.807) is 0 Å². The molecule has 2 rings (SSSR count). The second-order valence-electron chi connectivity index (χ2n) is 5.33. The topological polar surface area (TPSA) is 64.3 Å². The molecule has 0 bridgehead atoms. The van der Waals surface area contributed by atoms with Gasteiger partial charge in [-0.1, -0.05) is 48.5 Å². The first-order chi connectivity index (χ1) is 11.2. The van der Waals surface area contributed by atoms with Crippen LogP contribution in [0.5, 0.6) is 0 Å². The molecular weight excluding hydrogens is 288 g/mol. The first kappa shape index (κ1) is 17.0. The van der Waals surface area contributed by atoms with Crippen LogP contribution in [0.1, 0.15) is 24.5 Å². The molecule has 0 fully saturated rings. The van der Waals surface area contributed by atoms with Crippen molar-refractivity contribution in [1.29, 1.82) is 0 Å². The molecule has 1 atom stereocenters. The fourth-order valence-electron chi connectivity index (χ4n) is 2.47. The number of hydrogen-bond acceptors (Lipinski definition) is 4. The Hall–Kier alpha value is -2.33. The number of benzene rings is 2. The van der Waals surface area contributed by atoms with E-state index in [4.69, 9.17) is 10.5 Å². The molecule has 0 radical (unpaired) electrons. The van der Waals surface area contributed by atoms with Crippen LogP contribution in [0.2, 0.25) is 0 Å². The van der Waals surface area contributed by atoms with Crippen molar-refractivity contribution in [2.24, 2.45) is 5.73 Å². The van der Waals surface area contributed by atoms with Gasteiger partial charge in [-0.25, -0.2) is 4.79 Å². The minimum absolute atomic E-state index is 0.227. The molecule has 0 saturated heterocycles. The van der Waals surface area contributed by atoms with Gasteiger partial charge in [0.1, 0.15) is 6.04 Å². The van der Waals surface area contributed by atoms with Gasteiger partial charge in [0.05, 0.1) is 6.61 Å². The third kappa shape index (κ3) is 5.11. The molecule has 2 aromatic rings. The normalized spacial score (nSPS) is 11.7. The van der Waals surface area contributed by atoms with Crippen molar-refractivity contribution in [3.63, 3.8) is 0 Å². The summed E-state index contributed by atoms with van der Waals surface area (Å²) in [5, 5.41) is 3.30. The van der Waals surface area contributed by atoms with Crippen LogP contribution in [0.25, 0.3) is 0 Å². The van der Waals surface area contributed by atoms with Crippen molar-refractivity contribution in [3.8, 4) is 0 Å². The molecule has 0 aliphatic carbocycles.